The van der Waals surface area contributed by atoms with Crippen LogP contribution in [0.3, 0.4) is 0 Å². The van der Waals surface area contributed by atoms with Gasteiger partial charge in [0.1, 0.15) is 16.3 Å². The molecule has 1 aliphatic carbocycles. The fraction of sp³-hybridized carbons (Fsp3) is 0.276. The Kier molecular flexibility index (Phi) is 8.35. The van der Waals surface area contributed by atoms with Crippen molar-refractivity contribution in [2.75, 3.05) is 12.4 Å². The van der Waals surface area contributed by atoms with Crippen LogP contribution in [0.5, 0.6) is 0 Å². The number of sulfonamides is 1. The van der Waals surface area contributed by atoms with Gasteiger partial charge in [0.25, 0.3) is 0 Å². The zero-order valence-electron chi connectivity index (χ0n) is 21.9. The van der Waals surface area contributed by atoms with Crippen LogP contribution in [0.1, 0.15) is 32.6 Å². The molecule has 0 radical (unpaired) electrons. The summed E-state index contributed by atoms with van der Waals surface area (Å²) in [5.41, 5.74) is 3.24. The van der Waals surface area contributed by atoms with Gasteiger partial charge in [-0.05, 0) is 50.8 Å². The highest BCUT2D eigenvalue weighted by Gasteiger charge is 2.20. The maximum Gasteiger partial charge on any atom is 0.242 e. The van der Waals surface area contributed by atoms with E-state index >= 15 is 0 Å². The number of anilines is 1. The summed E-state index contributed by atoms with van der Waals surface area (Å²) in [6.07, 6.45) is 6.65. The molecule has 10 heteroatoms. The first kappa shape index (κ1) is 27.0. The lowest BCUT2D eigenvalue weighted by molar-refractivity contribution is 0.361. The molecule has 202 valence electrons. The Labute approximate surface area is 232 Å². The van der Waals surface area contributed by atoms with Crippen LogP contribution in [-0.4, -0.2) is 36.6 Å². The molecule has 3 heterocycles. The minimum absolute atomic E-state index is 0.211. The second-order valence-corrected chi connectivity index (χ2v) is 12.3. The summed E-state index contributed by atoms with van der Waals surface area (Å²) in [6, 6.07) is 21.2. The first-order chi connectivity index (χ1) is 18.9. The molecule has 6 rings (SSSR count). The monoisotopic (exact) mass is 561 g/mol. The van der Waals surface area contributed by atoms with Crippen molar-refractivity contribution in [3.63, 3.8) is 0 Å². The summed E-state index contributed by atoms with van der Waals surface area (Å²) >= 11 is 1.63. The number of para-hydroxylation sites is 1. The van der Waals surface area contributed by atoms with Gasteiger partial charge in [0.2, 0.25) is 10.0 Å². The van der Waals surface area contributed by atoms with Gasteiger partial charge in [-0.1, -0.05) is 60.6 Å². The second kappa shape index (κ2) is 12.1. The highest BCUT2D eigenvalue weighted by molar-refractivity contribution is 7.89. The standard InChI is InChI=1S/C19H21N3OS.C10H10N2O2S/c1-13-7-9-15(10-8-13)20-19-21-17(12-24-19)18-11-16(22-23-18)14-5-3-2-4-6-14;1-11-15(13,14)9-6-2-4-8-5-3-7-12-10(8)9/h2-6,11-13,15H,7-10H2,1H3,(H,20,21);2-7,11H,1H3. The van der Waals surface area contributed by atoms with Crippen molar-refractivity contribution >= 4 is 37.4 Å². The van der Waals surface area contributed by atoms with Crippen molar-refractivity contribution in [1.29, 1.82) is 0 Å². The molecule has 2 N–H and O–H groups in total. The first-order valence-electron chi connectivity index (χ1n) is 12.9. The second-order valence-electron chi connectivity index (χ2n) is 9.62. The van der Waals surface area contributed by atoms with E-state index in [4.69, 9.17) is 4.52 Å². The lowest BCUT2D eigenvalue weighted by atomic mass is 9.87. The van der Waals surface area contributed by atoms with Crippen LogP contribution < -0.4 is 10.0 Å². The van der Waals surface area contributed by atoms with Crippen molar-refractivity contribution in [3.05, 3.63) is 78.3 Å². The van der Waals surface area contributed by atoms with Crippen molar-refractivity contribution in [3.8, 4) is 22.7 Å². The Morgan fingerprint density at radius 3 is 2.49 bits per heavy atom. The Balaban J connectivity index is 0.000000177. The molecule has 39 heavy (non-hydrogen) atoms. The number of nitrogens with one attached hydrogen (secondary N) is 2. The first-order valence-corrected chi connectivity index (χ1v) is 15.3. The molecule has 1 saturated carbocycles. The zero-order valence-corrected chi connectivity index (χ0v) is 23.5. The molecule has 8 nitrogen and oxygen atoms in total. The lowest BCUT2D eigenvalue weighted by Crippen LogP contribution is -2.25. The molecule has 2 aromatic carbocycles. The maximum atomic E-state index is 11.7. The Morgan fingerprint density at radius 2 is 1.72 bits per heavy atom. The van der Waals surface area contributed by atoms with Crippen molar-refractivity contribution in [2.24, 2.45) is 5.92 Å². The van der Waals surface area contributed by atoms with Gasteiger partial charge in [-0.2, -0.15) is 0 Å². The third kappa shape index (κ3) is 6.52. The largest absolute Gasteiger partial charge is 0.359 e. The predicted molar refractivity (Wildman–Crippen MR) is 156 cm³/mol. The molecule has 1 fully saturated rings. The molecule has 0 aliphatic heterocycles. The molecule has 1 aliphatic rings. The number of thiazole rings is 1. The van der Waals surface area contributed by atoms with Crippen LogP contribution in [0.2, 0.25) is 0 Å². The molecular weight excluding hydrogens is 530 g/mol. The van der Waals surface area contributed by atoms with Gasteiger partial charge >= 0.3 is 0 Å². The van der Waals surface area contributed by atoms with E-state index in [2.05, 4.69) is 32.1 Å². The van der Waals surface area contributed by atoms with Gasteiger partial charge in [0.05, 0.1) is 5.52 Å². The summed E-state index contributed by atoms with van der Waals surface area (Å²) in [7, 11) is -2.05. The Hall–Kier alpha value is -3.60. The van der Waals surface area contributed by atoms with Crippen molar-refractivity contribution < 1.29 is 12.9 Å². The molecule has 0 amide bonds. The van der Waals surface area contributed by atoms with Gasteiger partial charge in [0, 0.05) is 34.6 Å². The van der Waals surface area contributed by atoms with Gasteiger partial charge in [0.15, 0.2) is 10.9 Å². The molecule has 0 spiro atoms. The minimum Gasteiger partial charge on any atom is -0.359 e. The predicted octanol–water partition coefficient (Wildman–Crippen LogP) is 6.60. The number of rotatable bonds is 6. The number of nitrogens with zero attached hydrogens (tertiary/aromatic N) is 3. The van der Waals surface area contributed by atoms with Gasteiger partial charge in [-0.3, -0.25) is 4.98 Å². The van der Waals surface area contributed by atoms with E-state index in [1.165, 1.54) is 32.7 Å². The zero-order chi connectivity index (χ0) is 27.2. The summed E-state index contributed by atoms with van der Waals surface area (Å²) in [5.74, 6) is 1.58. The quantitative estimate of drug-likeness (QED) is 0.240. The van der Waals surface area contributed by atoms with Crippen LogP contribution in [0.25, 0.3) is 33.6 Å². The van der Waals surface area contributed by atoms with Crippen LogP contribution in [0.4, 0.5) is 5.13 Å². The summed E-state index contributed by atoms with van der Waals surface area (Å²) in [4.78, 5) is 8.96. The molecule has 0 atom stereocenters. The van der Waals surface area contributed by atoms with E-state index in [9.17, 15) is 8.42 Å². The van der Waals surface area contributed by atoms with Crippen LogP contribution in [-0.2, 0) is 10.0 Å². The number of fused-ring (bicyclic) bond motifs is 1. The van der Waals surface area contributed by atoms with E-state index in [0.29, 0.717) is 11.6 Å². The SMILES string of the molecule is CC1CCC(Nc2nc(-c3cc(-c4ccccc4)no3)cs2)CC1.CNS(=O)(=O)c1cccc2cccnc12. The van der Waals surface area contributed by atoms with E-state index in [1.54, 1.807) is 35.7 Å². The number of aromatic nitrogens is 3. The molecule has 0 bridgehead atoms. The molecule has 3 aromatic heterocycles. The highest BCUT2D eigenvalue weighted by atomic mass is 32.2. The average molecular weight is 562 g/mol. The molecule has 0 unspecified atom stereocenters. The summed E-state index contributed by atoms with van der Waals surface area (Å²) in [5, 5.41) is 11.6. The van der Waals surface area contributed by atoms with E-state index in [-0.39, 0.29) is 4.90 Å². The lowest BCUT2D eigenvalue weighted by Gasteiger charge is -2.26. The van der Waals surface area contributed by atoms with E-state index < -0.39 is 10.0 Å². The number of hydrogen-bond acceptors (Lipinski definition) is 8. The third-order valence-corrected chi connectivity index (χ3v) is 9.05. The van der Waals surface area contributed by atoms with E-state index in [0.717, 1.165) is 39.1 Å². The van der Waals surface area contributed by atoms with Crippen LogP contribution in [0.15, 0.2) is 87.7 Å². The fourth-order valence-corrected chi connectivity index (χ4v) is 6.26. The maximum absolute atomic E-state index is 11.7. The Morgan fingerprint density at radius 1 is 0.949 bits per heavy atom. The smallest absolute Gasteiger partial charge is 0.242 e. The number of benzene rings is 2. The third-order valence-electron chi connectivity index (χ3n) is 6.83. The van der Waals surface area contributed by atoms with Gasteiger partial charge < -0.3 is 9.84 Å². The number of hydrogen-bond donors (Lipinski definition) is 2. The van der Waals surface area contributed by atoms with E-state index in [1.807, 2.05) is 53.9 Å². The van der Waals surface area contributed by atoms with Crippen LogP contribution in [0, 0.1) is 5.92 Å². The van der Waals surface area contributed by atoms with Gasteiger partial charge in [-0.25, -0.2) is 18.1 Å². The molecule has 5 aromatic rings. The minimum atomic E-state index is -3.44. The average Bonchev–Trinajstić information content (AvgIpc) is 3.65. The fourth-order valence-electron chi connectivity index (χ4n) is 4.58. The highest BCUT2D eigenvalue weighted by Crippen LogP contribution is 2.31. The topological polar surface area (TPSA) is 110 Å². The van der Waals surface area contributed by atoms with Crippen molar-refractivity contribution in [2.45, 2.75) is 43.5 Å². The molecule has 0 saturated heterocycles. The normalized spacial score (nSPS) is 17.4. The summed E-state index contributed by atoms with van der Waals surface area (Å²) < 4.78 is 31.1. The summed E-state index contributed by atoms with van der Waals surface area (Å²) in [6.45, 7) is 2.34. The van der Waals surface area contributed by atoms with Crippen LogP contribution >= 0.6 is 11.3 Å². The number of pyridine rings is 1. The van der Waals surface area contributed by atoms with Crippen molar-refractivity contribution in [1.82, 2.24) is 19.8 Å². The Bertz CT molecular complexity index is 1620. The van der Waals surface area contributed by atoms with Gasteiger partial charge in [-0.15, -0.1) is 11.3 Å². The molecular formula is C29H31N5O3S2.